The van der Waals surface area contributed by atoms with Crippen LogP contribution in [-0.4, -0.2) is 60.4 Å². The van der Waals surface area contributed by atoms with E-state index in [-0.39, 0.29) is 10.8 Å². The van der Waals surface area contributed by atoms with Gasteiger partial charge in [-0.3, -0.25) is 4.79 Å². The highest BCUT2D eigenvalue weighted by molar-refractivity contribution is 8.00. The molecule has 0 bridgehead atoms. The Hall–Kier alpha value is -2.25. The summed E-state index contributed by atoms with van der Waals surface area (Å²) in [6.45, 7) is 3.17. The lowest BCUT2D eigenvalue weighted by atomic mass is 10.3. The fourth-order valence-electron chi connectivity index (χ4n) is 2.85. The molecule has 1 aromatic carbocycles. The van der Waals surface area contributed by atoms with Crippen LogP contribution in [-0.2, 0) is 19.6 Å². The van der Waals surface area contributed by atoms with E-state index < -0.39 is 15.3 Å². The van der Waals surface area contributed by atoms with Crippen LogP contribution in [0.1, 0.15) is 6.92 Å². The quantitative estimate of drug-likeness (QED) is 0.514. The number of hydrogen-bond acceptors (Lipinski definition) is 9. The topological polar surface area (TPSA) is 115 Å². The van der Waals surface area contributed by atoms with E-state index >= 15 is 0 Å². The van der Waals surface area contributed by atoms with E-state index in [0.29, 0.717) is 43.1 Å². The minimum absolute atomic E-state index is 0.182. The number of aromatic nitrogens is 2. The molecule has 3 aromatic rings. The number of thioether (sulfide) groups is 1. The fourth-order valence-corrected chi connectivity index (χ4v) is 5.59. The maximum absolute atomic E-state index is 12.7. The van der Waals surface area contributed by atoms with Gasteiger partial charge in [-0.1, -0.05) is 17.8 Å². The Morgan fingerprint density at radius 3 is 2.61 bits per heavy atom. The molecule has 1 aliphatic rings. The minimum Gasteiger partial charge on any atom is -0.410 e. The number of nitrogens with one attached hydrogen (secondary N) is 1. The summed E-state index contributed by atoms with van der Waals surface area (Å²) < 4.78 is 37.6. The molecule has 12 heteroatoms. The summed E-state index contributed by atoms with van der Waals surface area (Å²) in [4.78, 5) is 13.6. The molecular weight excluding hydrogens is 460 g/mol. The zero-order chi connectivity index (χ0) is 21.8. The van der Waals surface area contributed by atoms with Crippen LogP contribution in [0.25, 0.3) is 10.8 Å². The molecule has 0 spiro atoms. The van der Waals surface area contributed by atoms with Gasteiger partial charge in [-0.05, 0) is 42.6 Å². The second kappa shape index (κ2) is 9.49. The molecule has 0 aliphatic carbocycles. The molecule has 1 aliphatic heterocycles. The first-order chi connectivity index (χ1) is 14.9. The Kier molecular flexibility index (Phi) is 6.72. The summed E-state index contributed by atoms with van der Waals surface area (Å²) in [5.74, 6) is 0.159. The molecule has 1 atom stereocenters. The second-order valence-corrected chi connectivity index (χ2v) is 10.8. The van der Waals surface area contributed by atoms with Crippen molar-refractivity contribution in [2.24, 2.45) is 0 Å². The number of carbonyl (C=O) groups is 1. The van der Waals surface area contributed by atoms with Gasteiger partial charge in [0.15, 0.2) is 0 Å². The highest BCUT2D eigenvalue weighted by atomic mass is 32.2. The van der Waals surface area contributed by atoms with Gasteiger partial charge in [0, 0.05) is 18.8 Å². The molecule has 1 unspecified atom stereocenters. The smallest absolute Gasteiger partial charge is 0.277 e. The van der Waals surface area contributed by atoms with Crippen LogP contribution in [0.4, 0.5) is 5.69 Å². The average Bonchev–Trinajstić information content (AvgIpc) is 3.47. The van der Waals surface area contributed by atoms with Crippen molar-refractivity contribution in [1.29, 1.82) is 0 Å². The first-order valence-electron chi connectivity index (χ1n) is 9.46. The van der Waals surface area contributed by atoms with Crippen LogP contribution in [0.2, 0.25) is 0 Å². The van der Waals surface area contributed by atoms with Gasteiger partial charge in [-0.15, -0.1) is 21.5 Å². The molecule has 9 nitrogen and oxygen atoms in total. The van der Waals surface area contributed by atoms with Gasteiger partial charge in [-0.2, -0.15) is 4.31 Å². The Labute approximate surface area is 187 Å². The normalized spacial score (nSPS) is 16.2. The van der Waals surface area contributed by atoms with Crippen LogP contribution >= 0.6 is 23.1 Å². The number of rotatable bonds is 7. The van der Waals surface area contributed by atoms with Crippen molar-refractivity contribution in [2.75, 3.05) is 31.6 Å². The third kappa shape index (κ3) is 5.15. The van der Waals surface area contributed by atoms with E-state index in [9.17, 15) is 13.2 Å². The van der Waals surface area contributed by atoms with Gasteiger partial charge in [0.05, 0.1) is 28.2 Å². The Bertz CT molecular complexity index is 1120. The summed E-state index contributed by atoms with van der Waals surface area (Å²) in [6, 6.07) is 9.90. The van der Waals surface area contributed by atoms with Crippen molar-refractivity contribution < 1.29 is 22.4 Å². The second-order valence-electron chi connectivity index (χ2n) is 6.64. The third-order valence-corrected chi connectivity index (χ3v) is 8.22. The van der Waals surface area contributed by atoms with E-state index in [2.05, 4.69) is 15.5 Å². The van der Waals surface area contributed by atoms with E-state index in [0.717, 1.165) is 16.6 Å². The van der Waals surface area contributed by atoms with E-state index in [1.807, 2.05) is 17.5 Å². The zero-order valence-electron chi connectivity index (χ0n) is 16.6. The highest BCUT2D eigenvalue weighted by Gasteiger charge is 2.26. The van der Waals surface area contributed by atoms with Crippen molar-refractivity contribution >= 4 is 44.7 Å². The molecule has 2 aromatic heterocycles. The van der Waals surface area contributed by atoms with Crippen molar-refractivity contribution in [3.63, 3.8) is 0 Å². The number of thiophene rings is 1. The Morgan fingerprint density at radius 1 is 1.19 bits per heavy atom. The molecule has 1 fully saturated rings. The summed E-state index contributed by atoms with van der Waals surface area (Å²) in [5.41, 5.74) is 0.503. The molecule has 164 valence electrons. The SMILES string of the molecule is CC(Sc1nnc(-c2cccs2)o1)C(=O)Nc1ccc(S(=O)(=O)N2CCOCC2)cc1. The first-order valence-corrected chi connectivity index (χ1v) is 12.7. The molecule has 1 N–H and O–H groups in total. The van der Waals surface area contributed by atoms with E-state index in [4.69, 9.17) is 9.15 Å². The molecule has 1 saturated heterocycles. The lowest BCUT2D eigenvalue weighted by Gasteiger charge is -2.26. The number of benzene rings is 1. The number of ether oxygens (including phenoxy) is 1. The zero-order valence-corrected chi connectivity index (χ0v) is 19.0. The maximum atomic E-state index is 12.7. The van der Waals surface area contributed by atoms with Gasteiger partial charge in [0.2, 0.25) is 15.9 Å². The largest absolute Gasteiger partial charge is 0.410 e. The number of anilines is 1. The number of sulfonamides is 1. The lowest BCUT2D eigenvalue weighted by molar-refractivity contribution is -0.115. The van der Waals surface area contributed by atoms with Gasteiger partial charge < -0.3 is 14.5 Å². The van der Waals surface area contributed by atoms with Crippen molar-refractivity contribution in [3.05, 3.63) is 41.8 Å². The van der Waals surface area contributed by atoms with Crippen molar-refractivity contribution in [1.82, 2.24) is 14.5 Å². The van der Waals surface area contributed by atoms with Crippen LogP contribution in [0, 0.1) is 0 Å². The van der Waals surface area contributed by atoms with Gasteiger partial charge in [0.25, 0.3) is 11.1 Å². The maximum Gasteiger partial charge on any atom is 0.277 e. The molecule has 0 saturated carbocycles. The van der Waals surface area contributed by atoms with E-state index in [1.54, 1.807) is 19.1 Å². The highest BCUT2D eigenvalue weighted by Crippen LogP contribution is 2.29. The van der Waals surface area contributed by atoms with Gasteiger partial charge in [0.1, 0.15) is 0 Å². The summed E-state index contributed by atoms with van der Waals surface area (Å²) in [5, 5.41) is 12.5. The van der Waals surface area contributed by atoms with Gasteiger partial charge >= 0.3 is 0 Å². The molecule has 1 amide bonds. The molecular formula is C19H20N4O5S3. The average molecular weight is 481 g/mol. The number of carbonyl (C=O) groups excluding carboxylic acids is 1. The van der Waals surface area contributed by atoms with Crippen LogP contribution < -0.4 is 5.32 Å². The van der Waals surface area contributed by atoms with Crippen LogP contribution in [0.3, 0.4) is 0 Å². The summed E-state index contributed by atoms with van der Waals surface area (Å²) in [7, 11) is -3.57. The monoisotopic (exact) mass is 480 g/mol. The van der Waals surface area contributed by atoms with E-state index in [1.165, 1.54) is 27.8 Å². The summed E-state index contributed by atoms with van der Waals surface area (Å²) in [6.07, 6.45) is 0. The molecule has 4 rings (SSSR count). The summed E-state index contributed by atoms with van der Waals surface area (Å²) >= 11 is 2.64. The lowest BCUT2D eigenvalue weighted by Crippen LogP contribution is -2.40. The number of hydrogen-bond donors (Lipinski definition) is 1. The predicted octanol–water partition coefficient (Wildman–Crippen LogP) is 2.94. The standard InChI is InChI=1S/C19H20N4O5S3/c1-13(30-19-22-21-18(28-19)16-3-2-12-29-16)17(24)20-14-4-6-15(7-5-14)31(25,26)23-8-10-27-11-9-23/h2-7,12-13H,8-11H2,1H3,(H,20,24). The Morgan fingerprint density at radius 2 is 1.94 bits per heavy atom. The van der Waals surface area contributed by atoms with Crippen molar-refractivity contribution in [3.8, 4) is 10.8 Å². The third-order valence-electron chi connectivity index (χ3n) is 4.51. The molecule has 31 heavy (non-hydrogen) atoms. The van der Waals surface area contributed by atoms with Crippen LogP contribution in [0.15, 0.2) is 56.3 Å². The first kappa shape index (κ1) is 22.0. The van der Waals surface area contributed by atoms with Crippen LogP contribution in [0.5, 0.6) is 0 Å². The van der Waals surface area contributed by atoms with Crippen molar-refractivity contribution in [2.45, 2.75) is 22.3 Å². The fraction of sp³-hybridized carbons (Fsp3) is 0.316. The minimum atomic E-state index is -3.57. The molecule has 3 heterocycles. The number of amides is 1. The number of nitrogens with zero attached hydrogens (tertiary/aromatic N) is 3. The predicted molar refractivity (Wildman–Crippen MR) is 118 cm³/mol. The molecule has 0 radical (unpaired) electrons. The Balaban J connectivity index is 1.36. The van der Waals surface area contributed by atoms with Gasteiger partial charge in [-0.25, -0.2) is 8.42 Å². The number of morpholine rings is 1.